The number of piperazine rings is 1. The number of nitro groups is 1. The maximum Gasteiger partial charge on any atom is 0.269 e. The molecule has 1 heterocycles. The van der Waals surface area contributed by atoms with Gasteiger partial charge in [-0.3, -0.25) is 14.9 Å². The molecule has 0 bridgehead atoms. The number of hydrogen-bond acceptors (Lipinski definition) is 5. The summed E-state index contributed by atoms with van der Waals surface area (Å²) in [5.74, 6) is 1.53. The molecule has 0 aromatic heterocycles. The third-order valence-corrected chi connectivity index (χ3v) is 6.91. The normalized spacial score (nSPS) is 20.7. The van der Waals surface area contributed by atoms with E-state index in [9.17, 15) is 14.9 Å². The third kappa shape index (κ3) is 4.67. The van der Waals surface area contributed by atoms with Gasteiger partial charge in [-0.1, -0.05) is 36.9 Å². The van der Waals surface area contributed by atoms with Gasteiger partial charge < -0.3 is 9.80 Å². The van der Waals surface area contributed by atoms with Crippen molar-refractivity contribution in [3.05, 3.63) is 82.6 Å². The summed E-state index contributed by atoms with van der Waals surface area (Å²) in [7, 11) is 0. The van der Waals surface area contributed by atoms with E-state index in [2.05, 4.69) is 23.6 Å². The molecule has 2 aromatic carbocycles. The first-order valence-corrected chi connectivity index (χ1v) is 11.1. The minimum Gasteiger partial charge on any atom is -0.371 e. The van der Waals surface area contributed by atoms with Crippen molar-refractivity contribution in [2.24, 2.45) is 5.92 Å². The molecule has 0 N–H and O–H groups in total. The van der Waals surface area contributed by atoms with E-state index in [0.29, 0.717) is 5.92 Å². The van der Waals surface area contributed by atoms with Crippen LogP contribution in [0, 0.1) is 16.0 Å². The predicted molar refractivity (Wildman–Crippen MR) is 118 cm³/mol. The number of non-ortho nitro benzene ring substituents is 1. The fourth-order valence-corrected chi connectivity index (χ4v) is 4.78. The molecule has 7 heteroatoms. The number of amides is 1. The maximum atomic E-state index is 12.8. The van der Waals surface area contributed by atoms with Gasteiger partial charge in [-0.2, -0.15) is 0 Å². The zero-order valence-corrected chi connectivity index (χ0v) is 17.6. The van der Waals surface area contributed by atoms with Crippen molar-refractivity contribution in [3.8, 4) is 0 Å². The minimum absolute atomic E-state index is 0.101. The number of benzene rings is 2. The second kappa shape index (κ2) is 8.92. The van der Waals surface area contributed by atoms with Gasteiger partial charge in [-0.25, -0.2) is 0 Å². The highest BCUT2D eigenvalue weighted by Crippen LogP contribution is 2.48. The summed E-state index contributed by atoms with van der Waals surface area (Å²) in [5, 5.41) is 10.7. The second-order valence-corrected chi connectivity index (χ2v) is 8.83. The average Bonchev–Trinajstić information content (AvgIpc) is 3.59. The SMILES string of the molecule is C=C(CSc1ccc([N+](=O)[O-])cc1)N1CCN(C(=O)[C@@H]2C[C@H]2c2ccccc2)CC1. The lowest BCUT2D eigenvalue weighted by atomic mass is 10.1. The van der Waals surface area contributed by atoms with Gasteiger partial charge in [-0.05, 0) is 30.0 Å². The standard InChI is InChI=1S/C23H25N3O3S/c1-17(16-30-20-9-7-19(8-10-20)26(28)29)24-11-13-25(14-12-24)23(27)22-15-21(22)18-5-3-2-4-6-18/h2-10,21-22H,1,11-16H2/t21-,22+/m0/s1. The molecule has 156 valence electrons. The van der Waals surface area contributed by atoms with E-state index in [1.807, 2.05) is 23.1 Å². The number of nitrogens with zero attached hydrogens (tertiary/aromatic N) is 3. The molecule has 30 heavy (non-hydrogen) atoms. The predicted octanol–water partition coefficient (Wildman–Crippen LogP) is 4.15. The van der Waals surface area contributed by atoms with E-state index < -0.39 is 4.92 Å². The minimum atomic E-state index is -0.391. The average molecular weight is 424 g/mol. The van der Waals surface area contributed by atoms with Crippen molar-refractivity contribution < 1.29 is 9.72 Å². The topological polar surface area (TPSA) is 66.7 Å². The Morgan fingerprint density at radius 1 is 1.03 bits per heavy atom. The van der Waals surface area contributed by atoms with Crippen LogP contribution in [0.3, 0.4) is 0 Å². The molecule has 0 unspecified atom stereocenters. The van der Waals surface area contributed by atoms with Crippen LogP contribution in [0.4, 0.5) is 5.69 Å². The zero-order valence-electron chi connectivity index (χ0n) is 16.8. The summed E-state index contributed by atoms with van der Waals surface area (Å²) in [6.07, 6.45) is 0.960. The highest BCUT2D eigenvalue weighted by atomic mass is 32.2. The lowest BCUT2D eigenvalue weighted by molar-refractivity contribution is -0.384. The van der Waals surface area contributed by atoms with Crippen molar-refractivity contribution in [1.82, 2.24) is 9.80 Å². The molecule has 2 atom stereocenters. The number of hydrogen-bond donors (Lipinski definition) is 0. The Morgan fingerprint density at radius 2 is 1.67 bits per heavy atom. The molecule has 6 nitrogen and oxygen atoms in total. The lowest BCUT2D eigenvalue weighted by Crippen LogP contribution is -2.48. The molecule has 0 spiro atoms. The molecule has 4 rings (SSSR count). The first kappa shape index (κ1) is 20.5. The van der Waals surface area contributed by atoms with Crippen LogP contribution in [0.5, 0.6) is 0 Å². The monoisotopic (exact) mass is 423 g/mol. The summed E-state index contributed by atoms with van der Waals surface area (Å²) >= 11 is 1.62. The Hall–Kier alpha value is -2.80. The van der Waals surface area contributed by atoms with Gasteiger partial charge in [0, 0.05) is 60.6 Å². The molecule has 1 saturated heterocycles. The Balaban J connectivity index is 1.22. The van der Waals surface area contributed by atoms with Crippen LogP contribution in [0.2, 0.25) is 0 Å². The van der Waals surface area contributed by atoms with Crippen LogP contribution in [0.15, 0.2) is 71.8 Å². The number of rotatable bonds is 7. The molecule has 1 aliphatic carbocycles. The molecule has 1 amide bonds. The van der Waals surface area contributed by atoms with Gasteiger partial charge in [0.15, 0.2) is 0 Å². The summed E-state index contributed by atoms with van der Waals surface area (Å²) in [6, 6.07) is 16.9. The van der Waals surface area contributed by atoms with Crippen molar-refractivity contribution >= 4 is 23.4 Å². The highest BCUT2D eigenvalue weighted by molar-refractivity contribution is 7.99. The van der Waals surface area contributed by atoms with Crippen LogP contribution >= 0.6 is 11.8 Å². The number of carbonyl (C=O) groups is 1. The second-order valence-electron chi connectivity index (χ2n) is 7.78. The first-order valence-electron chi connectivity index (χ1n) is 10.2. The Kier molecular flexibility index (Phi) is 6.08. The quantitative estimate of drug-likeness (QED) is 0.380. The summed E-state index contributed by atoms with van der Waals surface area (Å²) in [4.78, 5) is 28.4. The van der Waals surface area contributed by atoms with E-state index >= 15 is 0 Å². The van der Waals surface area contributed by atoms with Crippen molar-refractivity contribution in [3.63, 3.8) is 0 Å². The fraction of sp³-hybridized carbons (Fsp3) is 0.348. The van der Waals surface area contributed by atoms with Crippen LogP contribution in [0.1, 0.15) is 17.9 Å². The molecule has 0 radical (unpaired) electrons. The Labute approximate surface area is 180 Å². The largest absolute Gasteiger partial charge is 0.371 e. The molecular formula is C23H25N3O3S. The highest BCUT2D eigenvalue weighted by Gasteiger charge is 2.45. The van der Waals surface area contributed by atoms with Crippen LogP contribution < -0.4 is 0 Å². The van der Waals surface area contributed by atoms with E-state index in [1.165, 1.54) is 17.7 Å². The molecule has 1 saturated carbocycles. The lowest BCUT2D eigenvalue weighted by Gasteiger charge is -2.37. The van der Waals surface area contributed by atoms with Crippen molar-refractivity contribution in [2.75, 3.05) is 31.9 Å². The Morgan fingerprint density at radius 3 is 2.30 bits per heavy atom. The van der Waals surface area contributed by atoms with Crippen LogP contribution in [0.25, 0.3) is 0 Å². The molecule has 2 aromatic rings. The summed E-state index contributed by atoms with van der Waals surface area (Å²) in [6.45, 7) is 7.27. The third-order valence-electron chi connectivity index (χ3n) is 5.83. The summed E-state index contributed by atoms with van der Waals surface area (Å²) in [5.41, 5.74) is 2.40. The number of thioether (sulfide) groups is 1. The molecule has 1 aliphatic heterocycles. The van der Waals surface area contributed by atoms with Gasteiger partial charge in [0.1, 0.15) is 0 Å². The fourth-order valence-electron chi connectivity index (χ4n) is 3.94. The molecule has 2 aliphatic rings. The van der Waals surface area contributed by atoms with Gasteiger partial charge in [0.2, 0.25) is 5.91 Å². The smallest absolute Gasteiger partial charge is 0.269 e. The first-order chi connectivity index (χ1) is 14.5. The van der Waals surface area contributed by atoms with E-state index in [1.54, 1.807) is 23.9 Å². The van der Waals surface area contributed by atoms with Gasteiger partial charge in [0.25, 0.3) is 5.69 Å². The molecular weight excluding hydrogens is 398 g/mol. The van der Waals surface area contributed by atoms with Crippen molar-refractivity contribution in [1.29, 1.82) is 0 Å². The van der Waals surface area contributed by atoms with Crippen LogP contribution in [-0.4, -0.2) is 52.6 Å². The van der Waals surface area contributed by atoms with Gasteiger partial charge >= 0.3 is 0 Å². The maximum absolute atomic E-state index is 12.8. The molecule has 2 fully saturated rings. The van der Waals surface area contributed by atoms with Gasteiger partial charge in [-0.15, -0.1) is 11.8 Å². The zero-order chi connectivity index (χ0) is 21.1. The van der Waals surface area contributed by atoms with Crippen LogP contribution in [-0.2, 0) is 4.79 Å². The summed E-state index contributed by atoms with van der Waals surface area (Å²) < 4.78 is 0. The number of nitro benzene ring substituents is 1. The van der Waals surface area contributed by atoms with E-state index in [4.69, 9.17) is 0 Å². The van der Waals surface area contributed by atoms with Gasteiger partial charge in [0.05, 0.1) is 4.92 Å². The Bertz CT molecular complexity index is 924. The van der Waals surface area contributed by atoms with E-state index in [-0.39, 0.29) is 17.5 Å². The van der Waals surface area contributed by atoms with E-state index in [0.717, 1.165) is 48.9 Å². The van der Waals surface area contributed by atoms with Crippen molar-refractivity contribution in [2.45, 2.75) is 17.2 Å². The number of carbonyl (C=O) groups excluding carboxylic acids is 1.